The van der Waals surface area contributed by atoms with Crippen molar-refractivity contribution in [3.63, 3.8) is 0 Å². The quantitative estimate of drug-likeness (QED) is 0.158. The molecule has 10 aromatic carbocycles. The first-order valence-electron chi connectivity index (χ1n) is 20.6. The standard InChI is InChI=1S/C57H35N3O/c1-3-15-36(16-4-1)38-20-13-21-39(33-38)40-29-30-50-53(35-40)61-52-28-14-27-48(54(50)52)47-31-32-49(45-25-11-10-24-44(45)47)56-58-55(37-17-5-2-6-18-37)59-57(60-56)51-34-41-19-7-8-22-42(41)43-23-9-12-26-46(43)51/h1-35H. The van der Waals surface area contributed by atoms with E-state index in [-0.39, 0.29) is 0 Å². The highest BCUT2D eigenvalue weighted by atomic mass is 16.3. The third-order valence-electron chi connectivity index (χ3n) is 11.9. The van der Waals surface area contributed by atoms with Gasteiger partial charge in [-0.1, -0.05) is 176 Å². The molecule has 0 N–H and O–H groups in total. The molecule has 0 aliphatic heterocycles. The van der Waals surface area contributed by atoms with Crippen molar-refractivity contribution in [1.82, 2.24) is 15.0 Å². The average Bonchev–Trinajstić information content (AvgIpc) is 3.72. The molecular formula is C57H35N3O. The highest BCUT2D eigenvalue weighted by molar-refractivity contribution is 6.17. The molecule has 284 valence electrons. The number of hydrogen-bond donors (Lipinski definition) is 0. The third kappa shape index (κ3) is 5.96. The van der Waals surface area contributed by atoms with Crippen LogP contribution in [0.25, 0.3) is 122 Å². The topological polar surface area (TPSA) is 51.8 Å². The van der Waals surface area contributed by atoms with Crippen molar-refractivity contribution in [2.75, 3.05) is 0 Å². The summed E-state index contributed by atoms with van der Waals surface area (Å²) in [4.78, 5) is 15.7. The Hall–Kier alpha value is -8.21. The first-order chi connectivity index (χ1) is 30.2. The molecule has 0 aliphatic rings. The van der Waals surface area contributed by atoms with Gasteiger partial charge in [0.1, 0.15) is 11.2 Å². The van der Waals surface area contributed by atoms with Gasteiger partial charge in [-0.15, -0.1) is 0 Å². The number of fused-ring (bicyclic) bond motifs is 7. The molecule has 2 aromatic heterocycles. The van der Waals surface area contributed by atoms with E-state index < -0.39 is 0 Å². The molecule has 61 heavy (non-hydrogen) atoms. The molecule has 0 aliphatic carbocycles. The fourth-order valence-electron chi connectivity index (χ4n) is 9.04. The fraction of sp³-hybridized carbons (Fsp3) is 0. The summed E-state index contributed by atoms with van der Waals surface area (Å²) in [7, 11) is 0. The molecule has 0 atom stereocenters. The van der Waals surface area contributed by atoms with Crippen molar-refractivity contribution in [3.8, 4) is 67.5 Å². The highest BCUT2D eigenvalue weighted by Crippen LogP contribution is 2.43. The zero-order chi connectivity index (χ0) is 40.3. The van der Waals surface area contributed by atoms with Crippen LogP contribution < -0.4 is 0 Å². The first kappa shape index (κ1) is 34.8. The Balaban J connectivity index is 1.02. The van der Waals surface area contributed by atoms with E-state index in [1.165, 1.54) is 21.9 Å². The van der Waals surface area contributed by atoms with Crippen LogP contribution in [-0.2, 0) is 0 Å². The molecule has 0 bridgehead atoms. The number of furan rings is 1. The number of aromatic nitrogens is 3. The van der Waals surface area contributed by atoms with E-state index in [9.17, 15) is 0 Å². The van der Waals surface area contributed by atoms with Gasteiger partial charge in [0.25, 0.3) is 0 Å². The lowest BCUT2D eigenvalue weighted by atomic mass is 9.92. The van der Waals surface area contributed by atoms with Crippen molar-refractivity contribution in [2.24, 2.45) is 0 Å². The van der Waals surface area contributed by atoms with Gasteiger partial charge in [0.2, 0.25) is 0 Å². The van der Waals surface area contributed by atoms with E-state index >= 15 is 0 Å². The van der Waals surface area contributed by atoms with Crippen LogP contribution in [0.15, 0.2) is 217 Å². The predicted molar refractivity (Wildman–Crippen MR) is 252 cm³/mol. The highest BCUT2D eigenvalue weighted by Gasteiger charge is 2.20. The molecule has 2 heterocycles. The molecule has 0 radical (unpaired) electrons. The van der Waals surface area contributed by atoms with E-state index in [0.717, 1.165) is 82.4 Å². The van der Waals surface area contributed by atoms with Crippen molar-refractivity contribution in [2.45, 2.75) is 0 Å². The normalized spacial score (nSPS) is 11.6. The Labute approximate surface area is 352 Å². The maximum atomic E-state index is 6.64. The molecule has 12 rings (SSSR count). The van der Waals surface area contributed by atoms with Gasteiger partial charge in [0.15, 0.2) is 17.5 Å². The lowest BCUT2D eigenvalue weighted by Gasteiger charge is -2.15. The van der Waals surface area contributed by atoms with Gasteiger partial charge in [-0.05, 0) is 102 Å². The number of hydrogen-bond acceptors (Lipinski definition) is 4. The van der Waals surface area contributed by atoms with Crippen LogP contribution in [0.4, 0.5) is 0 Å². The minimum Gasteiger partial charge on any atom is -0.456 e. The van der Waals surface area contributed by atoms with Gasteiger partial charge in [0.05, 0.1) is 0 Å². The summed E-state index contributed by atoms with van der Waals surface area (Å²) in [5.41, 5.74) is 11.4. The molecule has 0 spiro atoms. The lowest BCUT2D eigenvalue weighted by molar-refractivity contribution is 0.669. The molecule has 0 fully saturated rings. The number of benzene rings is 10. The molecule has 0 unspecified atom stereocenters. The van der Waals surface area contributed by atoms with Crippen LogP contribution in [0.1, 0.15) is 0 Å². The molecule has 12 aromatic rings. The van der Waals surface area contributed by atoms with Crippen molar-refractivity contribution < 1.29 is 4.42 Å². The van der Waals surface area contributed by atoms with Gasteiger partial charge in [-0.2, -0.15) is 0 Å². The summed E-state index contributed by atoms with van der Waals surface area (Å²) < 4.78 is 6.64. The maximum Gasteiger partial charge on any atom is 0.164 e. The second-order valence-corrected chi connectivity index (χ2v) is 15.5. The SMILES string of the molecule is c1ccc(-c2cccc(-c3ccc4c(c3)oc3cccc(-c5ccc(-c6nc(-c7ccccc7)nc(-c7cc8ccccc8c8ccccc78)n6)c6ccccc56)c34)c2)cc1. The van der Waals surface area contributed by atoms with Gasteiger partial charge in [-0.3, -0.25) is 0 Å². The van der Waals surface area contributed by atoms with Crippen LogP contribution >= 0.6 is 0 Å². The van der Waals surface area contributed by atoms with Crippen LogP contribution in [0.5, 0.6) is 0 Å². The van der Waals surface area contributed by atoms with E-state index in [0.29, 0.717) is 17.5 Å². The van der Waals surface area contributed by atoms with E-state index in [2.05, 4.69) is 194 Å². The van der Waals surface area contributed by atoms with E-state index in [1.54, 1.807) is 0 Å². The van der Waals surface area contributed by atoms with E-state index in [1.807, 2.05) is 18.2 Å². The Bertz CT molecular complexity index is 3650. The zero-order valence-electron chi connectivity index (χ0n) is 33.0. The maximum absolute atomic E-state index is 6.64. The zero-order valence-corrected chi connectivity index (χ0v) is 33.0. The second kappa shape index (κ2) is 14.3. The second-order valence-electron chi connectivity index (χ2n) is 15.5. The Kier molecular flexibility index (Phi) is 8.13. The smallest absolute Gasteiger partial charge is 0.164 e. The molecule has 0 amide bonds. The minimum atomic E-state index is 0.625. The first-order valence-corrected chi connectivity index (χ1v) is 20.6. The van der Waals surface area contributed by atoms with Crippen LogP contribution in [0.2, 0.25) is 0 Å². The van der Waals surface area contributed by atoms with Gasteiger partial charge in [0, 0.05) is 27.5 Å². The Morgan fingerprint density at radius 1 is 0.262 bits per heavy atom. The molecule has 0 saturated carbocycles. The predicted octanol–water partition coefficient (Wildman–Crippen LogP) is 15.2. The Morgan fingerprint density at radius 3 is 1.57 bits per heavy atom. The van der Waals surface area contributed by atoms with Crippen molar-refractivity contribution >= 4 is 54.3 Å². The Morgan fingerprint density at radius 2 is 0.803 bits per heavy atom. The summed E-state index contributed by atoms with van der Waals surface area (Å²) in [6.45, 7) is 0. The summed E-state index contributed by atoms with van der Waals surface area (Å²) >= 11 is 0. The number of rotatable bonds is 6. The third-order valence-corrected chi connectivity index (χ3v) is 11.9. The minimum absolute atomic E-state index is 0.625. The molecular weight excluding hydrogens is 743 g/mol. The summed E-state index contributed by atoms with van der Waals surface area (Å²) in [5.74, 6) is 1.89. The fourth-order valence-corrected chi connectivity index (χ4v) is 9.04. The summed E-state index contributed by atoms with van der Waals surface area (Å²) in [6.07, 6.45) is 0. The lowest BCUT2D eigenvalue weighted by Crippen LogP contribution is -2.01. The van der Waals surface area contributed by atoms with Gasteiger partial charge >= 0.3 is 0 Å². The summed E-state index contributed by atoms with van der Waals surface area (Å²) in [6, 6.07) is 74.6. The van der Waals surface area contributed by atoms with Crippen molar-refractivity contribution in [3.05, 3.63) is 212 Å². The molecule has 4 nitrogen and oxygen atoms in total. The number of nitrogens with zero attached hydrogens (tertiary/aromatic N) is 3. The van der Waals surface area contributed by atoms with Gasteiger partial charge in [-0.25, -0.2) is 15.0 Å². The van der Waals surface area contributed by atoms with Crippen LogP contribution in [0, 0.1) is 0 Å². The molecule has 4 heteroatoms. The van der Waals surface area contributed by atoms with Crippen LogP contribution in [0.3, 0.4) is 0 Å². The van der Waals surface area contributed by atoms with Crippen molar-refractivity contribution in [1.29, 1.82) is 0 Å². The average molecular weight is 778 g/mol. The monoisotopic (exact) mass is 777 g/mol. The largest absolute Gasteiger partial charge is 0.456 e. The van der Waals surface area contributed by atoms with E-state index in [4.69, 9.17) is 19.4 Å². The van der Waals surface area contributed by atoms with Crippen LogP contribution in [-0.4, -0.2) is 15.0 Å². The molecule has 0 saturated heterocycles. The van der Waals surface area contributed by atoms with Gasteiger partial charge < -0.3 is 4.42 Å². The summed E-state index contributed by atoms with van der Waals surface area (Å²) in [5, 5.41) is 8.96.